The van der Waals surface area contributed by atoms with Gasteiger partial charge in [0.15, 0.2) is 0 Å². The van der Waals surface area contributed by atoms with Gasteiger partial charge < -0.3 is 5.32 Å². The fourth-order valence-electron chi connectivity index (χ4n) is 2.64. The van der Waals surface area contributed by atoms with Crippen LogP contribution in [0, 0.1) is 11.7 Å². The molecule has 0 saturated carbocycles. The number of nitrogens with zero attached hydrogens (tertiary/aromatic N) is 1. The van der Waals surface area contributed by atoms with Crippen LogP contribution in [0.4, 0.5) is 4.39 Å². The van der Waals surface area contributed by atoms with Gasteiger partial charge in [-0.15, -0.1) is 0 Å². The molecule has 0 aliphatic heterocycles. The van der Waals surface area contributed by atoms with E-state index >= 15 is 0 Å². The molecular formula is C19H23FN2O. The minimum absolute atomic E-state index is 0.0109. The van der Waals surface area contributed by atoms with Crippen LogP contribution in [0.25, 0.3) is 0 Å². The van der Waals surface area contributed by atoms with Crippen LogP contribution in [0.3, 0.4) is 0 Å². The predicted molar refractivity (Wildman–Crippen MR) is 89.3 cm³/mol. The van der Waals surface area contributed by atoms with E-state index in [4.69, 9.17) is 0 Å². The first kappa shape index (κ1) is 17.1. The molecule has 23 heavy (non-hydrogen) atoms. The highest BCUT2D eigenvalue weighted by Gasteiger charge is 2.17. The van der Waals surface area contributed by atoms with Crippen molar-refractivity contribution in [2.45, 2.75) is 39.2 Å². The second-order valence-corrected chi connectivity index (χ2v) is 6.21. The first-order valence-electron chi connectivity index (χ1n) is 7.95. The van der Waals surface area contributed by atoms with E-state index in [0.29, 0.717) is 18.9 Å². The third-order valence-corrected chi connectivity index (χ3v) is 3.77. The van der Waals surface area contributed by atoms with Crippen molar-refractivity contribution in [1.82, 2.24) is 10.3 Å². The Hall–Kier alpha value is -2.23. The second kappa shape index (κ2) is 8.42. The van der Waals surface area contributed by atoms with Crippen molar-refractivity contribution in [2.24, 2.45) is 5.92 Å². The minimum atomic E-state index is -0.251. The van der Waals surface area contributed by atoms with Crippen LogP contribution in [0.1, 0.15) is 43.7 Å². The maximum atomic E-state index is 13.1. The van der Waals surface area contributed by atoms with E-state index in [1.807, 2.05) is 12.1 Å². The largest absolute Gasteiger partial charge is 0.352 e. The van der Waals surface area contributed by atoms with Crippen molar-refractivity contribution in [3.8, 4) is 0 Å². The Bertz CT molecular complexity index is 611. The van der Waals surface area contributed by atoms with Crippen LogP contribution < -0.4 is 5.32 Å². The Labute approximate surface area is 137 Å². The first-order chi connectivity index (χ1) is 11.0. The Morgan fingerprint density at radius 2 is 1.78 bits per heavy atom. The average molecular weight is 314 g/mol. The van der Waals surface area contributed by atoms with E-state index in [9.17, 15) is 9.18 Å². The van der Waals surface area contributed by atoms with Gasteiger partial charge in [-0.2, -0.15) is 0 Å². The highest BCUT2D eigenvalue weighted by atomic mass is 19.1. The number of hydrogen-bond donors (Lipinski definition) is 1. The quantitative estimate of drug-likeness (QED) is 0.837. The zero-order valence-electron chi connectivity index (χ0n) is 13.6. The molecule has 1 aromatic heterocycles. The summed E-state index contributed by atoms with van der Waals surface area (Å²) in [5.74, 6) is 0.335. The molecule has 0 radical (unpaired) electrons. The summed E-state index contributed by atoms with van der Waals surface area (Å²) >= 11 is 0. The van der Waals surface area contributed by atoms with Gasteiger partial charge in [0.25, 0.3) is 0 Å². The molecule has 1 atom stereocenters. The first-order valence-corrected chi connectivity index (χ1v) is 7.95. The van der Waals surface area contributed by atoms with Crippen LogP contribution in [0.15, 0.2) is 48.8 Å². The van der Waals surface area contributed by atoms with Gasteiger partial charge in [0.05, 0.1) is 0 Å². The number of nitrogens with one attached hydrogen (secondary N) is 1. The molecule has 2 rings (SSSR count). The Morgan fingerprint density at radius 3 is 2.39 bits per heavy atom. The maximum absolute atomic E-state index is 13.1. The van der Waals surface area contributed by atoms with E-state index in [-0.39, 0.29) is 17.6 Å². The molecule has 4 heteroatoms. The number of carbonyl (C=O) groups excluding carboxylic acids is 1. The molecule has 1 amide bonds. The number of rotatable bonds is 7. The van der Waals surface area contributed by atoms with Crippen LogP contribution in [-0.4, -0.2) is 10.9 Å². The van der Waals surface area contributed by atoms with Crippen molar-refractivity contribution < 1.29 is 9.18 Å². The lowest BCUT2D eigenvalue weighted by molar-refractivity contribution is -0.121. The van der Waals surface area contributed by atoms with E-state index in [1.54, 1.807) is 24.5 Å². The van der Waals surface area contributed by atoms with Crippen molar-refractivity contribution in [1.29, 1.82) is 0 Å². The fourth-order valence-corrected chi connectivity index (χ4v) is 2.64. The van der Waals surface area contributed by atoms with Gasteiger partial charge >= 0.3 is 0 Å². The molecule has 1 N–H and O–H groups in total. The molecule has 0 spiro atoms. The van der Waals surface area contributed by atoms with Crippen molar-refractivity contribution in [3.05, 3.63) is 65.7 Å². The third-order valence-electron chi connectivity index (χ3n) is 3.77. The molecule has 0 bridgehead atoms. The van der Waals surface area contributed by atoms with Crippen molar-refractivity contribution in [2.75, 3.05) is 0 Å². The van der Waals surface area contributed by atoms with Crippen LogP contribution in [0.5, 0.6) is 0 Å². The van der Waals surface area contributed by atoms with Gasteiger partial charge in [-0.05, 0) is 53.6 Å². The summed E-state index contributed by atoms with van der Waals surface area (Å²) in [5, 5.41) is 2.94. The summed E-state index contributed by atoms with van der Waals surface area (Å²) < 4.78 is 13.1. The molecule has 0 aliphatic carbocycles. The molecule has 122 valence electrons. The van der Waals surface area contributed by atoms with Gasteiger partial charge in [-0.3, -0.25) is 9.78 Å². The molecule has 0 saturated heterocycles. The SMILES string of the molecule is CC(C)CC(CC(=O)NCc1ccncc1)c1ccc(F)cc1. The lowest BCUT2D eigenvalue weighted by Gasteiger charge is -2.19. The lowest BCUT2D eigenvalue weighted by atomic mass is 9.87. The molecule has 0 fully saturated rings. The lowest BCUT2D eigenvalue weighted by Crippen LogP contribution is -2.25. The molecule has 1 heterocycles. The number of aromatic nitrogens is 1. The van der Waals surface area contributed by atoms with Crippen LogP contribution >= 0.6 is 0 Å². The van der Waals surface area contributed by atoms with Crippen LogP contribution in [-0.2, 0) is 11.3 Å². The summed E-state index contributed by atoms with van der Waals surface area (Å²) in [4.78, 5) is 16.2. The summed E-state index contributed by atoms with van der Waals surface area (Å²) in [6.07, 6.45) is 4.73. The summed E-state index contributed by atoms with van der Waals surface area (Å²) in [7, 11) is 0. The molecule has 0 aliphatic rings. The molecule has 1 unspecified atom stereocenters. The van der Waals surface area contributed by atoms with E-state index in [2.05, 4.69) is 24.1 Å². The van der Waals surface area contributed by atoms with Gasteiger partial charge in [-0.1, -0.05) is 26.0 Å². The molecule has 3 nitrogen and oxygen atoms in total. The number of carbonyl (C=O) groups is 1. The Balaban J connectivity index is 1.96. The zero-order chi connectivity index (χ0) is 16.7. The summed E-state index contributed by atoms with van der Waals surface area (Å²) in [6, 6.07) is 10.2. The number of benzene rings is 1. The van der Waals surface area contributed by atoms with Crippen molar-refractivity contribution >= 4 is 5.91 Å². The molecular weight excluding hydrogens is 291 g/mol. The van der Waals surface area contributed by atoms with E-state index in [1.165, 1.54) is 12.1 Å². The van der Waals surface area contributed by atoms with E-state index in [0.717, 1.165) is 17.5 Å². The third kappa shape index (κ3) is 5.81. The number of halogens is 1. The van der Waals surface area contributed by atoms with Crippen LogP contribution in [0.2, 0.25) is 0 Å². The number of amides is 1. The van der Waals surface area contributed by atoms with Crippen molar-refractivity contribution in [3.63, 3.8) is 0 Å². The monoisotopic (exact) mass is 314 g/mol. The normalized spacial score (nSPS) is 12.2. The average Bonchev–Trinajstić information content (AvgIpc) is 2.53. The smallest absolute Gasteiger partial charge is 0.220 e. The van der Waals surface area contributed by atoms with Gasteiger partial charge in [-0.25, -0.2) is 4.39 Å². The van der Waals surface area contributed by atoms with Gasteiger partial charge in [0.2, 0.25) is 5.91 Å². The number of pyridine rings is 1. The molecule has 1 aromatic carbocycles. The summed E-state index contributed by atoms with van der Waals surface area (Å²) in [5.41, 5.74) is 2.04. The number of hydrogen-bond acceptors (Lipinski definition) is 2. The zero-order valence-corrected chi connectivity index (χ0v) is 13.6. The second-order valence-electron chi connectivity index (χ2n) is 6.21. The fraction of sp³-hybridized carbons (Fsp3) is 0.368. The van der Waals surface area contributed by atoms with Gasteiger partial charge in [0.1, 0.15) is 5.82 Å². The topological polar surface area (TPSA) is 42.0 Å². The Morgan fingerprint density at radius 1 is 1.13 bits per heavy atom. The maximum Gasteiger partial charge on any atom is 0.220 e. The van der Waals surface area contributed by atoms with E-state index < -0.39 is 0 Å². The standard InChI is InChI=1S/C19H23FN2O/c1-14(2)11-17(16-3-5-18(20)6-4-16)12-19(23)22-13-15-7-9-21-10-8-15/h3-10,14,17H,11-13H2,1-2H3,(H,22,23). The highest BCUT2D eigenvalue weighted by Crippen LogP contribution is 2.27. The minimum Gasteiger partial charge on any atom is -0.352 e. The predicted octanol–water partition coefficient (Wildman–Crippen LogP) is 4.06. The summed E-state index contributed by atoms with van der Waals surface area (Å²) in [6.45, 7) is 4.76. The highest BCUT2D eigenvalue weighted by molar-refractivity contribution is 5.76. The van der Waals surface area contributed by atoms with Gasteiger partial charge in [0, 0.05) is 25.4 Å². The molecule has 2 aromatic rings. The Kier molecular flexibility index (Phi) is 6.27.